The maximum absolute atomic E-state index is 12.4. The van der Waals surface area contributed by atoms with Gasteiger partial charge in [0, 0.05) is 17.5 Å². The van der Waals surface area contributed by atoms with E-state index < -0.39 is 0 Å². The van der Waals surface area contributed by atoms with Gasteiger partial charge in [-0.1, -0.05) is 35.5 Å². The number of amides is 1. The Hall–Kier alpha value is -3.48. The average molecular weight is 348 g/mol. The molecule has 0 aliphatic rings. The molecule has 26 heavy (non-hydrogen) atoms. The summed E-state index contributed by atoms with van der Waals surface area (Å²) in [6, 6.07) is 14.6. The second kappa shape index (κ2) is 6.44. The van der Waals surface area contributed by atoms with Gasteiger partial charge in [-0.15, -0.1) is 5.10 Å². The number of nitrogens with zero attached hydrogens (tertiary/aromatic N) is 3. The molecular formula is C19H16N4O3. The fourth-order valence-corrected chi connectivity index (χ4v) is 2.95. The van der Waals surface area contributed by atoms with E-state index in [9.17, 15) is 9.59 Å². The quantitative estimate of drug-likeness (QED) is 0.610. The van der Waals surface area contributed by atoms with E-state index in [1.807, 2.05) is 31.2 Å². The van der Waals surface area contributed by atoms with Crippen molar-refractivity contribution in [2.45, 2.75) is 20.0 Å². The molecule has 0 unspecified atom stereocenters. The van der Waals surface area contributed by atoms with Crippen molar-refractivity contribution < 1.29 is 9.21 Å². The molecule has 2 aromatic carbocycles. The molecule has 1 N–H and O–H groups in total. The predicted molar refractivity (Wildman–Crippen MR) is 96.6 cm³/mol. The number of carbonyl (C=O) groups is 1. The van der Waals surface area contributed by atoms with Gasteiger partial charge >= 0.3 is 0 Å². The minimum absolute atomic E-state index is 0.189. The number of para-hydroxylation sites is 1. The van der Waals surface area contributed by atoms with Crippen LogP contribution in [0.1, 0.15) is 11.3 Å². The third kappa shape index (κ3) is 2.83. The number of aromatic nitrogens is 3. The van der Waals surface area contributed by atoms with E-state index in [1.54, 1.807) is 24.3 Å². The number of furan rings is 1. The van der Waals surface area contributed by atoms with Crippen molar-refractivity contribution >= 4 is 27.8 Å². The standard InChI is InChI=1S/C19H16N4O3/c1-12-15(13-6-3-5-9-17(13)26-12)10-20-18(24)11-23-19(25)14-7-2-4-8-16(14)21-22-23/h2-9H,10-11H2,1H3,(H,20,24). The number of aryl methyl sites for hydroxylation is 1. The lowest BCUT2D eigenvalue weighted by atomic mass is 10.1. The molecule has 4 rings (SSSR count). The summed E-state index contributed by atoms with van der Waals surface area (Å²) in [5.74, 6) is 0.440. The van der Waals surface area contributed by atoms with Crippen molar-refractivity contribution in [2.75, 3.05) is 0 Å². The first-order valence-corrected chi connectivity index (χ1v) is 8.20. The first-order valence-electron chi connectivity index (χ1n) is 8.20. The van der Waals surface area contributed by atoms with Crippen LogP contribution in [0.2, 0.25) is 0 Å². The summed E-state index contributed by atoms with van der Waals surface area (Å²) in [5, 5.41) is 12.0. The van der Waals surface area contributed by atoms with Gasteiger partial charge in [0.25, 0.3) is 5.56 Å². The second-order valence-electron chi connectivity index (χ2n) is 5.98. The molecule has 0 radical (unpaired) electrons. The van der Waals surface area contributed by atoms with Crippen LogP contribution in [0, 0.1) is 6.92 Å². The van der Waals surface area contributed by atoms with E-state index in [-0.39, 0.29) is 18.0 Å². The molecule has 2 aromatic heterocycles. The number of benzene rings is 2. The number of nitrogens with one attached hydrogen (secondary N) is 1. The zero-order chi connectivity index (χ0) is 18.1. The van der Waals surface area contributed by atoms with E-state index in [0.29, 0.717) is 17.4 Å². The number of rotatable bonds is 4. The highest BCUT2D eigenvalue weighted by Gasteiger charge is 2.13. The largest absolute Gasteiger partial charge is 0.461 e. The fraction of sp³-hybridized carbons (Fsp3) is 0.158. The van der Waals surface area contributed by atoms with E-state index in [0.717, 1.165) is 27.0 Å². The summed E-state index contributed by atoms with van der Waals surface area (Å²) in [5.41, 5.74) is 1.88. The van der Waals surface area contributed by atoms with Crippen LogP contribution in [-0.4, -0.2) is 20.9 Å². The molecule has 1 amide bonds. The molecule has 0 atom stereocenters. The Balaban J connectivity index is 1.52. The first-order chi connectivity index (χ1) is 12.6. The number of hydrogen-bond donors (Lipinski definition) is 1. The number of carbonyl (C=O) groups excluding carboxylic acids is 1. The van der Waals surface area contributed by atoms with Crippen molar-refractivity contribution in [3.8, 4) is 0 Å². The molecule has 7 heteroatoms. The molecule has 0 fully saturated rings. The van der Waals surface area contributed by atoms with Gasteiger partial charge in [-0.25, -0.2) is 4.68 Å². The van der Waals surface area contributed by atoms with Crippen molar-refractivity contribution in [1.29, 1.82) is 0 Å². The Morgan fingerprint density at radius 2 is 1.85 bits per heavy atom. The smallest absolute Gasteiger partial charge is 0.278 e. The summed E-state index contributed by atoms with van der Waals surface area (Å²) in [7, 11) is 0. The van der Waals surface area contributed by atoms with Crippen LogP contribution in [0.3, 0.4) is 0 Å². The molecule has 0 spiro atoms. The third-order valence-corrected chi connectivity index (χ3v) is 4.29. The SMILES string of the molecule is Cc1oc2ccccc2c1CNC(=O)Cn1nnc2ccccc2c1=O. The summed E-state index contributed by atoms with van der Waals surface area (Å²) < 4.78 is 6.76. The monoisotopic (exact) mass is 348 g/mol. The summed E-state index contributed by atoms with van der Waals surface area (Å²) >= 11 is 0. The molecular weight excluding hydrogens is 332 g/mol. The number of fused-ring (bicyclic) bond motifs is 2. The van der Waals surface area contributed by atoms with E-state index in [1.165, 1.54) is 0 Å². The van der Waals surface area contributed by atoms with Gasteiger partial charge in [0.1, 0.15) is 23.4 Å². The molecule has 130 valence electrons. The van der Waals surface area contributed by atoms with Crippen LogP contribution in [0.5, 0.6) is 0 Å². The lowest BCUT2D eigenvalue weighted by Crippen LogP contribution is -2.34. The Bertz CT molecular complexity index is 1180. The maximum Gasteiger partial charge on any atom is 0.278 e. The zero-order valence-corrected chi connectivity index (χ0v) is 14.1. The fourth-order valence-electron chi connectivity index (χ4n) is 2.95. The molecule has 0 aliphatic carbocycles. The lowest BCUT2D eigenvalue weighted by molar-refractivity contribution is -0.122. The highest BCUT2D eigenvalue weighted by molar-refractivity contribution is 5.83. The normalized spacial score (nSPS) is 11.1. The predicted octanol–water partition coefficient (Wildman–Crippen LogP) is 2.16. The van der Waals surface area contributed by atoms with Gasteiger partial charge in [-0.3, -0.25) is 9.59 Å². The average Bonchev–Trinajstić information content (AvgIpc) is 2.97. The van der Waals surface area contributed by atoms with Gasteiger partial charge < -0.3 is 9.73 Å². The van der Waals surface area contributed by atoms with Crippen molar-refractivity contribution in [3.05, 3.63) is 70.2 Å². The summed E-state index contributed by atoms with van der Waals surface area (Å²) in [6.07, 6.45) is 0. The Kier molecular flexibility index (Phi) is 3.96. The van der Waals surface area contributed by atoms with Gasteiger partial charge in [0.15, 0.2) is 0 Å². The molecule has 0 aliphatic heterocycles. The minimum atomic E-state index is -0.337. The Morgan fingerprint density at radius 1 is 1.12 bits per heavy atom. The van der Waals surface area contributed by atoms with Crippen LogP contribution in [0.4, 0.5) is 0 Å². The second-order valence-corrected chi connectivity index (χ2v) is 5.98. The third-order valence-electron chi connectivity index (χ3n) is 4.29. The van der Waals surface area contributed by atoms with E-state index >= 15 is 0 Å². The van der Waals surface area contributed by atoms with Crippen LogP contribution in [0.25, 0.3) is 21.9 Å². The van der Waals surface area contributed by atoms with E-state index in [2.05, 4.69) is 15.6 Å². The van der Waals surface area contributed by atoms with Crippen LogP contribution >= 0.6 is 0 Å². The summed E-state index contributed by atoms with van der Waals surface area (Å²) in [6.45, 7) is 1.99. The van der Waals surface area contributed by atoms with Crippen LogP contribution in [-0.2, 0) is 17.9 Å². The van der Waals surface area contributed by atoms with Crippen molar-refractivity contribution in [3.63, 3.8) is 0 Å². The maximum atomic E-state index is 12.4. The van der Waals surface area contributed by atoms with Crippen LogP contribution < -0.4 is 10.9 Å². The van der Waals surface area contributed by atoms with Gasteiger partial charge in [-0.05, 0) is 25.1 Å². The van der Waals surface area contributed by atoms with Crippen LogP contribution in [0.15, 0.2) is 57.7 Å². The van der Waals surface area contributed by atoms with E-state index in [4.69, 9.17) is 4.42 Å². The molecule has 4 aromatic rings. The van der Waals surface area contributed by atoms with Gasteiger partial charge in [0.2, 0.25) is 5.91 Å². The molecule has 2 heterocycles. The van der Waals surface area contributed by atoms with Gasteiger partial charge in [0.05, 0.1) is 5.39 Å². The Labute approximate surface area is 148 Å². The molecule has 0 saturated carbocycles. The Morgan fingerprint density at radius 3 is 2.69 bits per heavy atom. The van der Waals surface area contributed by atoms with Crippen molar-refractivity contribution in [1.82, 2.24) is 20.3 Å². The molecule has 0 bridgehead atoms. The highest BCUT2D eigenvalue weighted by atomic mass is 16.3. The van der Waals surface area contributed by atoms with Gasteiger partial charge in [-0.2, -0.15) is 0 Å². The summed E-state index contributed by atoms with van der Waals surface area (Å²) in [4.78, 5) is 24.7. The first kappa shape index (κ1) is 16.0. The van der Waals surface area contributed by atoms with Crippen molar-refractivity contribution in [2.24, 2.45) is 0 Å². The lowest BCUT2D eigenvalue weighted by Gasteiger charge is -2.07. The highest BCUT2D eigenvalue weighted by Crippen LogP contribution is 2.24. The zero-order valence-electron chi connectivity index (χ0n) is 14.1. The molecule has 7 nitrogen and oxygen atoms in total. The topological polar surface area (TPSA) is 90.0 Å². The minimum Gasteiger partial charge on any atom is -0.461 e. The molecule has 0 saturated heterocycles. The number of hydrogen-bond acceptors (Lipinski definition) is 5.